The number of benzene rings is 3. The first kappa shape index (κ1) is 23.0. The summed E-state index contributed by atoms with van der Waals surface area (Å²) in [5.74, 6) is -1.18. The maximum Gasteiger partial charge on any atom is 0.407 e. The number of aliphatic hydroxyl groups excluding tert-OH is 2. The molecule has 2 atom stereocenters. The van der Waals surface area contributed by atoms with Crippen LogP contribution in [0.2, 0.25) is 0 Å². The van der Waals surface area contributed by atoms with Crippen molar-refractivity contribution in [3.05, 3.63) is 93.5 Å². The van der Waals surface area contributed by atoms with Gasteiger partial charge in [-0.1, -0.05) is 70.5 Å². The van der Waals surface area contributed by atoms with Crippen molar-refractivity contribution >= 4 is 28.0 Å². The Morgan fingerprint density at radius 2 is 1.58 bits per heavy atom. The molecule has 0 fully saturated rings. The number of alkyl carbamates (subject to hydrolysis) is 1. The van der Waals surface area contributed by atoms with E-state index in [0.29, 0.717) is 10.0 Å². The van der Waals surface area contributed by atoms with Gasteiger partial charge in [0.25, 0.3) is 0 Å². The number of hydrogen-bond acceptors (Lipinski definition) is 5. The number of ether oxygens (including phenoxy) is 1. The monoisotopic (exact) mass is 511 g/mol. The van der Waals surface area contributed by atoms with Crippen molar-refractivity contribution in [3.8, 4) is 11.1 Å². The Kier molecular flexibility index (Phi) is 6.78. The summed E-state index contributed by atoms with van der Waals surface area (Å²) in [6.07, 6.45) is -3.36. The van der Waals surface area contributed by atoms with Crippen LogP contribution in [-0.4, -0.2) is 46.6 Å². The smallest absolute Gasteiger partial charge is 0.407 e. The van der Waals surface area contributed by atoms with E-state index >= 15 is 0 Å². The predicted octanol–water partition coefficient (Wildman–Crippen LogP) is 4.08. The highest BCUT2D eigenvalue weighted by Gasteiger charge is 2.29. The third-order valence-electron chi connectivity index (χ3n) is 5.73. The standard InChI is InChI=1S/C25H22BrNO6/c26-21-11-14(24(30)31)9-10-19(21)23(29)22(28)12-27-25(32)33-13-20-17-7-3-1-5-15(17)16-6-2-4-8-18(16)20/h1-11,20,22-23,28-29H,12-13H2,(H,27,32)(H,30,31). The van der Waals surface area contributed by atoms with E-state index in [9.17, 15) is 19.8 Å². The van der Waals surface area contributed by atoms with Crippen molar-refractivity contribution in [1.82, 2.24) is 5.32 Å². The molecule has 33 heavy (non-hydrogen) atoms. The van der Waals surface area contributed by atoms with Crippen molar-refractivity contribution in [2.24, 2.45) is 0 Å². The maximum absolute atomic E-state index is 12.3. The molecule has 0 saturated heterocycles. The van der Waals surface area contributed by atoms with Crippen LogP contribution in [0.5, 0.6) is 0 Å². The number of carbonyl (C=O) groups excluding carboxylic acids is 1. The zero-order valence-electron chi connectivity index (χ0n) is 17.4. The Bertz CT molecular complexity index is 1150. The molecular formula is C25H22BrNO6. The highest BCUT2D eigenvalue weighted by Crippen LogP contribution is 2.44. The number of carboxylic acid groups (broad SMARTS) is 1. The van der Waals surface area contributed by atoms with Gasteiger partial charge in [0.1, 0.15) is 18.8 Å². The second-order valence-electron chi connectivity index (χ2n) is 7.76. The number of amides is 1. The summed E-state index contributed by atoms with van der Waals surface area (Å²) in [5.41, 5.74) is 4.79. The first-order chi connectivity index (χ1) is 15.9. The fourth-order valence-electron chi connectivity index (χ4n) is 4.06. The highest BCUT2D eigenvalue weighted by atomic mass is 79.9. The largest absolute Gasteiger partial charge is 0.478 e. The van der Waals surface area contributed by atoms with Gasteiger partial charge in [-0.15, -0.1) is 0 Å². The van der Waals surface area contributed by atoms with Crippen LogP contribution in [0.15, 0.2) is 71.2 Å². The summed E-state index contributed by atoms with van der Waals surface area (Å²) in [4.78, 5) is 23.3. The number of aliphatic hydroxyl groups is 2. The minimum absolute atomic E-state index is 0.0454. The predicted molar refractivity (Wildman–Crippen MR) is 125 cm³/mol. The van der Waals surface area contributed by atoms with Crippen LogP contribution >= 0.6 is 15.9 Å². The lowest BCUT2D eigenvalue weighted by Crippen LogP contribution is -2.36. The molecule has 4 rings (SSSR count). The molecule has 1 amide bonds. The molecule has 0 aliphatic heterocycles. The van der Waals surface area contributed by atoms with Crippen LogP contribution in [0.3, 0.4) is 0 Å². The number of nitrogens with one attached hydrogen (secondary N) is 1. The number of rotatable bonds is 7. The van der Waals surface area contributed by atoms with Gasteiger partial charge in [-0.05, 0) is 39.9 Å². The van der Waals surface area contributed by atoms with E-state index in [1.807, 2.05) is 48.5 Å². The van der Waals surface area contributed by atoms with E-state index in [2.05, 4.69) is 21.2 Å². The minimum Gasteiger partial charge on any atom is -0.478 e. The van der Waals surface area contributed by atoms with Crippen LogP contribution in [-0.2, 0) is 4.74 Å². The summed E-state index contributed by atoms with van der Waals surface area (Å²) in [5, 5.41) is 32.2. The molecule has 1 aliphatic carbocycles. The number of hydrogen-bond donors (Lipinski definition) is 4. The topological polar surface area (TPSA) is 116 Å². The first-order valence-corrected chi connectivity index (χ1v) is 11.1. The number of carboxylic acids is 1. The van der Waals surface area contributed by atoms with Crippen LogP contribution < -0.4 is 5.32 Å². The van der Waals surface area contributed by atoms with Gasteiger partial charge in [0.15, 0.2) is 0 Å². The normalized spacial score (nSPS) is 14.2. The summed E-state index contributed by atoms with van der Waals surface area (Å²) in [6, 6.07) is 20.1. The SMILES string of the molecule is O=C(NCC(O)C(O)c1ccc(C(=O)O)cc1Br)OCC1c2ccccc2-c2ccccc21. The summed E-state index contributed by atoms with van der Waals surface area (Å²) in [7, 11) is 0. The minimum atomic E-state index is -1.34. The molecule has 4 N–H and O–H groups in total. The van der Waals surface area contributed by atoms with Gasteiger partial charge in [0, 0.05) is 16.9 Å². The third-order valence-corrected chi connectivity index (χ3v) is 6.42. The fraction of sp³-hybridized carbons (Fsp3) is 0.200. The van der Waals surface area contributed by atoms with Crippen molar-refractivity contribution in [2.45, 2.75) is 18.1 Å². The van der Waals surface area contributed by atoms with Gasteiger partial charge in [-0.2, -0.15) is 0 Å². The van der Waals surface area contributed by atoms with Gasteiger partial charge in [-0.3, -0.25) is 0 Å². The molecule has 3 aromatic carbocycles. The summed E-state index contributed by atoms with van der Waals surface area (Å²) >= 11 is 3.21. The zero-order valence-corrected chi connectivity index (χ0v) is 19.0. The van der Waals surface area contributed by atoms with Crippen LogP contribution in [0, 0.1) is 0 Å². The van der Waals surface area contributed by atoms with Gasteiger partial charge in [0.2, 0.25) is 0 Å². The van der Waals surface area contributed by atoms with Crippen molar-refractivity contribution < 1.29 is 29.6 Å². The Balaban J connectivity index is 1.34. The van der Waals surface area contributed by atoms with Crippen LogP contribution in [0.1, 0.15) is 39.1 Å². The average Bonchev–Trinajstić information content (AvgIpc) is 3.14. The molecule has 0 spiro atoms. The Labute approximate surface area is 198 Å². The quantitative estimate of drug-likeness (QED) is 0.379. The molecule has 2 unspecified atom stereocenters. The van der Waals surface area contributed by atoms with Crippen LogP contribution in [0.4, 0.5) is 4.79 Å². The highest BCUT2D eigenvalue weighted by molar-refractivity contribution is 9.10. The molecule has 0 heterocycles. The molecule has 170 valence electrons. The second-order valence-corrected chi connectivity index (χ2v) is 8.61. The zero-order chi connectivity index (χ0) is 23.5. The molecule has 0 bridgehead atoms. The lowest BCUT2D eigenvalue weighted by atomic mass is 9.98. The Hall–Kier alpha value is -3.20. The van der Waals surface area contributed by atoms with E-state index in [1.165, 1.54) is 18.2 Å². The van der Waals surface area contributed by atoms with E-state index in [-0.39, 0.29) is 24.6 Å². The number of fused-ring (bicyclic) bond motifs is 3. The average molecular weight is 512 g/mol. The van der Waals surface area contributed by atoms with Crippen molar-refractivity contribution in [1.29, 1.82) is 0 Å². The lowest BCUT2D eigenvalue weighted by molar-refractivity contribution is 0.0181. The summed E-state index contributed by atoms with van der Waals surface area (Å²) in [6.45, 7) is -0.105. The Morgan fingerprint density at radius 1 is 0.970 bits per heavy atom. The number of carbonyl (C=O) groups is 2. The number of aromatic carboxylic acids is 1. The third kappa shape index (κ3) is 4.78. The molecule has 1 aliphatic rings. The Morgan fingerprint density at radius 3 is 2.15 bits per heavy atom. The molecule has 7 nitrogen and oxygen atoms in total. The summed E-state index contributed by atoms with van der Waals surface area (Å²) < 4.78 is 5.77. The van der Waals surface area contributed by atoms with E-state index in [1.54, 1.807) is 0 Å². The molecular weight excluding hydrogens is 490 g/mol. The second kappa shape index (κ2) is 9.74. The van der Waals surface area contributed by atoms with Gasteiger partial charge in [0.05, 0.1) is 5.56 Å². The van der Waals surface area contributed by atoms with E-state index in [0.717, 1.165) is 22.3 Å². The number of halogens is 1. The van der Waals surface area contributed by atoms with Crippen molar-refractivity contribution in [2.75, 3.05) is 13.2 Å². The maximum atomic E-state index is 12.3. The molecule has 8 heteroatoms. The molecule has 3 aromatic rings. The lowest BCUT2D eigenvalue weighted by Gasteiger charge is -2.20. The first-order valence-electron chi connectivity index (χ1n) is 10.3. The van der Waals surface area contributed by atoms with E-state index < -0.39 is 24.3 Å². The molecule has 0 aromatic heterocycles. The van der Waals surface area contributed by atoms with Crippen molar-refractivity contribution in [3.63, 3.8) is 0 Å². The molecule has 0 saturated carbocycles. The van der Waals surface area contributed by atoms with Gasteiger partial charge < -0.3 is 25.4 Å². The van der Waals surface area contributed by atoms with Gasteiger partial charge >= 0.3 is 12.1 Å². The van der Waals surface area contributed by atoms with Crippen LogP contribution in [0.25, 0.3) is 11.1 Å². The fourth-order valence-corrected chi connectivity index (χ4v) is 4.67. The van der Waals surface area contributed by atoms with E-state index in [4.69, 9.17) is 9.84 Å². The van der Waals surface area contributed by atoms with Gasteiger partial charge in [-0.25, -0.2) is 9.59 Å². The molecule has 0 radical (unpaired) electrons.